The van der Waals surface area contributed by atoms with E-state index in [1.807, 2.05) is 42.5 Å². The van der Waals surface area contributed by atoms with Gasteiger partial charge in [0.05, 0.1) is 5.75 Å². The van der Waals surface area contributed by atoms with E-state index in [4.69, 9.17) is 0 Å². The number of amides is 1. The maximum Gasteiger partial charge on any atom is 0.234 e. The highest BCUT2D eigenvalue weighted by Crippen LogP contribution is 2.22. The lowest BCUT2D eigenvalue weighted by atomic mass is 10.2. The molecule has 1 amide bonds. The van der Waals surface area contributed by atoms with Crippen LogP contribution in [0.15, 0.2) is 53.4 Å². The Bertz CT molecular complexity index is 569. The molecule has 0 bridgehead atoms. The molecule has 98 valence electrons. The van der Waals surface area contributed by atoms with Crippen LogP contribution in [0.25, 0.3) is 0 Å². The van der Waals surface area contributed by atoms with Crippen molar-refractivity contribution in [2.75, 3.05) is 11.1 Å². The average molecular weight is 383 g/mol. The van der Waals surface area contributed by atoms with Crippen LogP contribution in [0, 0.1) is 10.5 Å². The number of carbonyl (C=O) groups excluding carboxylic acids is 1. The van der Waals surface area contributed by atoms with Gasteiger partial charge in [-0.3, -0.25) is 4.79 Å². The number of benzene rings is 2. The molecule has 0 radical (unpaired) electrons. The Morgan fingerprint density at radius 1 is 1.16 bits per heavy atom. The third kappa shape index (κ3) is 4.54. The number of aryl methyl sites for hydroxylation is 1. The Balaban J connectivity index is 1.88. The van der Waals surface area contributed by atoms with Crippen molar-refractivity contribution in [2.45, 2.75) is 11.8 Å². The summed E-state index contributed by atoms with van der Waals surface area (Å²) in [4.78, 5) is 13.0. The molecule has 0 aliphatic heterocycles. The maximum absolute atomic E-state index is 11.8. The van der Waals surface area contributed by atoms with Gasteiger partial charge in [-0.25, -0.2) is 0 Å². The van der Waals surface area contributed by atoms with Gasteiger partial charge in [0.25, 0.3) is 0 Å². The number of carbonyl (C=O) groups is 1. The van der Waals surface area contributed by atoms with Gasteiger partial charge >= 0.3 is 0 Å². The molecule has 0 atom stereocenters. The second-order valence-corrected chi connectivity index (χ2v) is 6.37. The summed E-state index contributed by atoms with van der Waals surface area (Å²) in [6.45, 7) is 2.05. The van der Waals surface area contributed by atoms with Gasteiger partial charge in [0, 0.05) is 14.2 Å². The minimum atomic E-state index is 0.0226. The topological polar surface area (TPSA) is 29.1 Å². The standard InChI is InChI=1S/C15H14INOS/c1-11-4-2-3-5-14(11)19-10-15(18)17-13-8-6-12(16)7-9-13/h2-9H,10H2,1H3,(H,17,18). The smallest absolute Gasteiger partial charge is 0.234 e. The molecule has 2 aromatic carbocycles. The molecule has 0 heterocycles. The Morgan fingerprint density at radius 2 is 1.84 bits per heavy atom. The first kappa shape index (κ1) is 14.4. The zero-order chi connectivity index (χ0) is 13.7. The monoisotopic (exact) mass is 383 g/mol. The molecule has 2 aromatic rings. The molecule has 0 saturated carbocycles. The van der Waals surface area contributed by atoms with Gasteiger partial charge in [-0.1, -0.05) is 18.2 Å². The minimum Gasteiger partial charge on any atom is -0.325 e. The highest BCUT2D eigenvalue weighted by molar-refractivity contribution is 14.1. The van der Waals surface area contributed by atoms with E-state index in [0.717, 1.165) is 14.2 Å². The summed E-state index contributed by atoms with van der Waals surface area (Å²) in [7, 11) is 0. The number of anilines is 1. The lowest BCUT2D eigenvalue weighted by Crippen LogP contribution is -2.13. The minimum absolute atomic E-state index is 0.0226. The second-order valence-electron chi connectivity index (χ2n) is 4.11. The van der Waals surface area contributed by atoms with Gasteiger partial charge in [0.1, 0.15) is 0 Å². The van der Waals surface area contributed by atoms with E-state index in [-0.39, 0.29) is 5.91 Å². The Kier molecular flexibility index (Phi) is 5.27. The summed E-state index contributed by atoms with van der Waals surface area (Å²) in [6.07, 6.45) is 0. The van der Waals surface area contributed by atoms with Gasteiger partial charge in [0.15, 0.2) is 0 Å². The zero-order valence-corrected chi connectivity index (χ0v) is 13.5. The van der Waals surface area contributed by atoms with Crippen LogP contribution in [0.2, 0.25) is 0 Å². The van der Waals surface area contributed by atoms with E-state index in [2.05, 4.69) is 40.9 Å². The average Bonchev–Trinajstić information content (AvgIpc) is 2.40. The molecular weight excluding hydrogens is 369 g/mol. The van der Waals surface area contributed by atoms with Crippen LogP contribution in [-0.2, 0) is 4.79 Å². The van der Waals surface area contributed by atoms with Gasteiger partial charge in [0.2, 0.25) is 5.91 Å². The Morgan fingerprint density at radius 3 is 2.53 bits per heavy atom. The van der Waals surface area contributed by atoms with Crippen molar-refractivity contribution in [3.63, 3.8) is 0 Å². The van der Waals surface area contributed by atoms with E-state index in [0.29, 0.717) is 5.75 Å². The van der Waals surface area contributed by atoms with Crippen LogP contribution in [0.5, 0.6) is 0 Å². The lowest BCUT2D eigenvalue weighted by molar-refractivity contribution is -0.113. The third-order valence-corrected chi connectivity index (χ3v) is 4.48. The summed E-state index contributed by atoms with van der Waals surface area (Å²) in [5.74, 6) is 0.450. The first-order valence-electron chi connectivity index (χ1n) is 5.89. The molecule has 19 heavy (non-hydrogen) atoms. The summed E-state index contributed by atoms with van der Waals surface area (Å²) in [6, 6.07) is 15.9. The summed E-state index contributed by atoms with van der Waals surface area (Å²) in [5, 5.41) is 2.90. The Labute approximate surface area is 131 Å². The fourth-order valence-electron chi connectivity index (χ4n) is 1.59. The normalized spacial score (nSPS) is 10.2. The molecule has 1 N–H and O–H groups in total. The SMILES string of the molecule is Cc1ccccc1SCC(=O)Nc1ccc(I)cc1. The predicted octanol–water partition coefficient (Wildman–Crippen LogP) is 4.33. The van der Waals surface area contributed by atoms with Crippen LogP contribution in [0.1, 0.15) is 5.56 Å². The number of thioether (sulfide) groups is 1. The lowest BCUT2D eigenvalue weighted by Gasteiger charge is -2.06. The highest BCUT2D eigenvalue weighted by atomic mass is 127. The highest BCUT2D eigenvalue weighted by Gasteiger charge is 2.05. The molecule has 2 nitrogen and oxygen atoms in total. The number of rotatable bonds is 4. The number of hydrogen-bond donors (Lipinski definition) is 1. The molecular formula is C15H14INOS. The third-order valence-electron chi connectivity index (χ3n) is 2.58. The molecule has 0 aliphatic carbocycles. The van der Waals surface area contributed by atoms with Crippen LogP contribution >= 0.6 is 34.4 Å². The van der Waals surface area contributed by atoms with E-state index in [1.165, 1.54) is 5.56 Å². The number of hydrogen-bond acceptors (Lipinski definition) is 2. The fourth-order valence-corrected chi connectivity index (χ4v) is 2.78. The Hall–Kier alpha value is -1.01. The number of halogens is 1. The van der Waals surface area contributed by atoms with Crippen molar-refractivity contribution in [3.8, 4) is 0 Å². The summed E-state index contributed by atoms with van der Waals surface area (Å²) >= 11 is 3.81. The molecule has 0 saturated heterocycles. The van der Waals surface area contributed by atoms with Crippen molar-refractivity contribution in [2.24, 2.45) is 0 Å². The molecule has 0 unspecified atom stereocenters. The summed E-state index contributed by atoms with van der Waals surface area (Å²) < 4.78 is 1.16. The first-order chi connectivity index (χ1) is 9.15. The van der Waals surface area contributed by atoms with Gasteiger partial charge in [-0.2, -0.15) is 0 Å². The van der Waals surface area contributed by atoms with Crippen molar-refractivity contribution < 1.29 is 4.79 Å². The molecule has 2 rings (SSSR count). The fraction of sp³-hybridized carbons (Fsp3) is 0.133. The molecule has 4 heteroatoms. The van der Waals surface area contributed by atoms with Crippen LogP contribution in [-0.4, -0.2) is 11.7 Å². The maximum atomic E-state index is 11.8. The van der Waals surface area contributed by atoms with Crippen LogP contribution in [0.4, 0.5) is 5.69 Å². The second kappa shape index (κ2) is 6.96. The van der Waals surface area contributed by atoms with E-state index < -0.39 is 0 Å². The molecule has 0 fully saturated rings. The van der Waals surface area contributed by atoms with Crippen molar-refractivity contribution in [1.82, 2.24) is 0 Å². The summed E-state index contributed by atoms with van der Waals surface area (Å²) in [5.41, 5.74) is 2.05. The van der Waals surface area contributed by atoms with Gasteiger partial charge in [-0.15, -0.1) is 11.8 Å². The van der Waals surface area contributed by atoms with Gasteiger partial charge < -0.3 is 5.32 Å². The van der Waals surface area contributed by atoms with E-state index in [9.17, 15) is 4.79 Å². The molecule has 0 spiro atoms. The van der Waals surface area contributed by atoms with Crippen molar-refractivity contribution in [3.05, 3.63) is 57.7 Å². The predicted molar refractivity (Wildman–Crippen MR) is 89.7 cm³/mol. The van der Waals surface area contributed by atoms with Crippen LogP contribution in [0.3, 0.4) is 0 Å². The zero-order valence-electron chi connectivity index (χ0n) is 10.5. The number of nitrogens with one attached hydrogen (secondary N) is 1. The van der Waals surface area contributed by atoms with Crippen molar-refractivity contribution >= 4 is 45.9 Å². The molecule has 0 aromatic heterocycles. The van der Waals surface area contributed by atoms with E-state index in [1.54, 1.807) is 11.8 Å². The quantitative estimate of drug-likeness (QED) is 0.629. The van der Waals surface area contributed by atoms with Crippen LogP contribution < -0.4 is 5.32 Å². The van der Waals surface area contributed by atoms with Gasteiger partial charge in [-0.05, 0) is 65.4 Å². The van der Waals surface area contributed by atoms with E-state index >= 15 is 0 Å². The first-order valence-corrected chi connectivity index (χ1v) is 7.95. The molecule has 0 aliphatic rings. The van der Waals surface area contributed by atoms with Crippen molar-refractivity contribution in [1.29, 1.82) is 0 Å². The largest absolute Gasteiger partial charge is 0.325 e.